The SMILES string of the molecule is CCc1c(C(=O)NCc2cccc(-c3cccc(C)c3)c2)cnn1-c1ccccn1. The third kappa shape index (κ3) is 4.15. The van der Waals surface area contributed by atoms with Crippen LogP contribution in [0, 0.1) is 6.92 Å². The molecular formula is C25H24N4O. The van der Waals surface area contributed by atoms with Crippen molar-refractivity contribution in [2.45, 2.75) is 26.8 Å². The zero-order valence-electron chi connectivity index (χ0n) is 17.2. The first-order valence-electron chi connectivity index (χ1n) is 10.1. The molecule has 4 aromatic rings. The summed E-state index contributed by atoms with van der Waals surface area (Å²) in [5.74, 6) is 0.578. The van der Waals surface area contributed by atoms with E-state index in [9.17, 15) is 4.79 Å². The number of hydrogen-bond acceptors (Lipinski definition) is 3. The van der Waals surface area contributed by atoms with Crippen LogP contribution >= 0.6 is 0 Å². The number of carbonyl (C=O) groups is 1. The van der Waals surface area contributed by atoms with Crippen molar-refractivity contribution in [3.63, 3.8) is 0 Å². The van der Waals surface area contributed by atoms with Crippen molar-refractivity contribution in [2.24, 2.45) is 0 Å². The molecule has 0 aliphatic rings. The quantitative estimate of drug-likeness (QED) is 0.512. The predicted octanol–water partition coefficient (Wildman–Crippen LogP) is 4.74. The number of hydrogen-bond donors (Lipinski definition) is 1. The molecule has 2 aromatic carbocycles. The number of pyridine rings is 1. The summed E-state index contributed by atoms with van der Waals surface area (Å²) in [5.41, 5.74) is 6.02. The van der Waals surface area contributed by atoms with Crippen LogP contribution in [0.25, 0.3) is 16.9 Å². The first-order chi connectivity index (χ1) is 14.7. The molecule has 0 spiro atoms. The van der Waals surface area contributed by atoms with Gasteiger partial charge in [-0.05, 0) is 48.2 Å². The molecule has 0 saturated heterocycles. The van der Waals surface area contributed by atoms with Crippen LogP contribution in [0.15, 0.2) is 79.1 Å². The average Bonchev–Trinajstić information content (AvgIpc) is 3.22. The highest BCUT2D eigenvalue weighted by molar-refractivity contribution is 5.95. The molecule has 4 rings (SSSR count). The summed E-state index contributed by atoms with van der Waals surface area (Å²) in [7, 11) is 0. The molecule has 0 bridgehead atoms. The second-order valence-corrected chi connectivity index (χ2v) is 7.21. The molecule has 0 aliphatic carbocycles. The van der Waals surface area contributed by atoms with Crippen LogP contribution in [-0.4, -0.2) is 20.7 Å². The van der Waals surface area contributed by atoms with Gasteiger partial charge in [-0.2, -0.15) is 5.10 Å². The van der Waals surface area contributed by atoms with Crippen molar-refractivity contribution in [2.75, 3.05) is 0 Å². The van der Waals surface area contributed by atoms with E-state index >= 15 is 0 Å². The van der Waals surface area contributed by atoms with Crippen LogP contribution in [-0.2, 0) is 13.0 Å². The Kier molecular flexibility index (Phi) is 5.70. The molecule has 5 nitrogen and oxygen atoms in total. The van der Waals surface area contributed by atoms with Gasteiger partial charge in [0.1, 0.15) is 0 Å². The fourth-order valence-corrected chi connectivity index (χ4v) is 3.54. The molecule has 30 heavy (non-hydrogen) atoms. The highest BCUT2D eigenvalue weighted by Crippen LogP contribution is 2.21. The molecule has 2 heterocycles. The Balaban J connectivity index is 1.51. The molecule has 5 heteroatoms. The molecule has 0 aliphatic heterocycles. The van der Waals surface area contributed by atoms with Crippen LogP contribution in [0.3, 0.4) is 0 Å². The molecule has 0 fully saturated rings. The van der Waals surface area contributed by atoms with E-state index in [1.165, 1.54) is 11.1 Å². The first-order valence-corrected chi connectivity index (χ1v) is 10.1. The third-order valence-electron chi connectivity index (χ3n) is 5.05. The number of amides is 1. The smallest absolute Gasteiger partial charge is 0.255 e. The average molecular weight is 396 g/mol. The molecule has 150 valence electrons. The third-order valence-corrected chi connectivity index (χ3v) is 5.05. The van der Waals surface area contributed by atoms with Gasteiger partial charge in [0.2, 0.25) is 0 Å². The molecule has 0 unspecified atom stereocenters. The second kappa shape index (κ2) is 8.74. The van der Waals surface area contributed by atoms with Gasteiger partial charge in [-0.25, -0.2) is 9.67 Å². The van der Waals surface area contributed by atoms with Crippen LogP contribution in [0.5, 0.6) is 0 Å². The topological polar surface area (TPSA) is 59.8 Å². The van der Waals surface area contributed by atoms with E-state index in [1.54, 1.807) is 17.1 Å². The van der Waals surface area contributed by atoms with Crippen LogP contribution in [0.2, 0.25) is 0 Å². The maximum Gasteiger partial charge on any atom is 0.255 e. The van der Waals surface area contributed by atoms with E-state index in [0.29, 0.717) is 24.3 Å². The Hall–Kier alpha value is -3.73. The second-order valence-electron chi connectivity index (χ2n) is 7.21. The minimum atomic E-state index is -0.130. The van der Waals surface area contributed by atoms with Gasteiger partial charge < -0.3 is 5.32 Å². The normalized spacial score (nSPS) is 10.7. The predicted molar refractivity (Wildman–Crippen MR) is 119 cm³/mol. The number of nitrogens with one attached hydrogen (secondary N) is 1. The van der Waals surface area contributed by atoms with Gasteiger partial charge in [0.05, 0.1) is 17.5 Å². The Labute approximate surface area is 176 Å². The van der Waals surface area contributed by atoms with Crippen LogP contribution in [0.4, 0.5) is 0 Å². The number of nitrogens with zero attached hydrogens (tertiary/aromatic N) is 3. The van der Waals surface area contributed by atoms with E-state index in [0.717, 1.165) is 16.8 Å². The van der Waals surface area contributed by atoms with E-state index in [2.05, 4.69) is 58.7 Å². The molecule has 0 atom stereocenters. The maximum absolute atomic E-state index is 12.9. The van der Waals surface area contributed by atoms with E-state index in [1.807, 2.05) is 37.3 Å². The monoisotopic (exact) mass is 396 g/mol. The summed E-state index contributed by atoms with van der Waals surface area (Å²) < 4.78 is 1.73. The Morgan fingerprint density at radius 3 is 2.53 bits per heavy atom. The zero-order valence-corrected chi connectivity index (χ0v) is 17.2. The van der Waals surface area contributed by atoms with Gasteiger partial charge in [0.25, 0.3) is 5.91 Å². The molecular weight excluding hydrogens is 372 g/mol. The lowest BCUT2D eigenvalue weighted by molar-refractivity contribution is 0.0950. The lowest BCUT2D eigenvalue weighted by Crippen LogP contribution is -2.23. The fourth-order valence-electron chi connectivity index (χ4n) is 3.54. The first kappa shape index (κ1) is 19.6. The molecule has 0 radical (unpaired) electrons. The van der Waals surface area contributed by atoms with Crippen molar-refractivity contribution < 1.29 is 4.79 Å². The van der Waals surface area contributed by atoms with Crippen LogP contribution in [0.1, 0.15) is 34.1 Å². The van der Waals surface area contributed by atoms with E-state index in [4.69, 9.17) is 0 Å². The number of benzene rings is 2. The van der Waals surface area contributed by atoms with Crippen molar-refractivity contribution in [1.82, 2.24) is 20.1 Å². The summed E-state index contributed by atoms with van der Waals surface area (Å²) in [6, 6.07) is 22.3. The molecule has 1 amide bonds. The van der Waals surface area contributed by atoms with Crippen LogP contribution < -0.4 is 5.32 Å². The van der Waals surface area contributed by atoms with Gasteiger partial charge >= 0.3 is 0 Å². The number of aryl methyl sites for hydroxylation is 1. The number of carbonyl (C=O) groups excluding carboxylic acids is 1. The van der Waals surface area contributed by atoms with Gasteiger partial charge in [0, 0.05) is 12.7 Å². The maximum atomic E-state index is 12.9. The standard InChI is InChI=1S/C25H24N4O/c1-3-23-22(17-28-29(23)24-12-4-5-13-26-24)25(30)27-16-19-9-7-11-21(15-19)20-10-6-8-18(2)14-20/h4-15,17H,3,16H2,1-2H3,(H,27,30). The van der Waals surface area contributed by atoms with Crippen molar-refractivity contribution >= 4 is 5.91 Å². The van der Waals surface area contributed by atoms with Crippen molar-refractivity contribution in [1.29, 1.82) is 0 Å². The largest absolute Gasteiger partial charge is 0.348 e. The Morgan fingerprint density at radius 1 is 1.00 bits per heavy atom. The highest BCUT2D eigenvalue weighted by atomic mass is 16.1. The summed E-state index contributed by atoms with van der Waals surface area (Å²) >= 11 is 0. The van der Waals surface area contributed by atoms with E-state index in [-0.39, 0.29) is 5.91 Å². The summed E-state index contributed by atoms with van der Waals surface area (Å²) in [4.78, 5) is 17.2. The lowest BCUT2D eigenvalue weighted by Gasteiger charge is -2.09. The summed E-state index contributed by atoms with van der Waals surface area (Å²) in [6.45, 7) is 4.55. The summed E-state index contributed by atoms with van der Waals surface area (Å²) in [5, 5.41) is 7.42. The number of rotatable bonds is 6. The minimum absolute atomic E-state index is 0.130. The van der Waals surface area contributed by atoms with Gasteiger partial charge in [-0.15, -0.1) is 0 Å². The zero-order chi connectivity index (χ0) is 20.9. The Morgan fingerprint density at radius 2 is 1.80 bits per heavy atom. The number of aromatic nitrogens is 3. The van der Waals surface area contributed by atoms with E-state index < -0.39 is 0 Å². The molecule has 1 N–H and O–H groups in total. The Bertz CT molecular complexity index is 1160. The van der Waals surface area contributed by atoms with Gasteiger partial charge in [0.15, 0.2) is 5.82 Å². The van der Waals surface area contributed by atoms with Crippen molar-refractivity contribution in [3.8, 4) is 16.9 Å². The highest BCUT2D eigenvalue weighted by Gasteiger charge is 2.17. The summed E-state index contributed by atoms with van der Waals surface area (Å²) in [6.07, 6.45) is 4.02. The molecule has 2 aromatic heterocycles. The fraction of sp³-hybridized carbons (Fsp3) is 0.160. The molecule has 0 saturated carbocycles. The lowest BCUT2D eigenvalue weighted by atomic mass is 10.0. The van der Waals surface area contributed by atoms with Crippen molar-refractivity contribution in [3.05, 3.63) is 102 Å². The van der Waals surface area contributed by atoms with Gasteiger partial charge in [-0.1, -0.05) is 61.0 Å². The van der Waals surface area contributed by atoms with Gasteiger partial charge in [-0.3, -0.25) is 4.79 Å². The minimum Gasteiger partial charge on any atom is -0.348 e.